The van der Waals surface area contributed by atoms with E-state index < -0.39 is 44.6 Å². The van der Waals surface area contributed by atoms with Crippen molar-refractivity contribution >= 4 is 26.6 Å². The van der Waals surface area contributed by atoms with Crippen LogP contribution >= 0.6 is 0 Å². The molecule has 0 aliphatic heterocycles. The van der Waals surface area contributed by atoms with Crippen molar-refractivity contribution in [1.82, 2.24) is 3.97 Å². The highest BCUT2D eigenvalue weighted by Gasteiger charge is 2.39. The first kappa shape index (κ1) is 20.8. The van der Waals surface area contributed by atoms with Gasteiger partial charge in [0, 0.05) is 22.8 Å². The number of hydrogen-bond donors (Lipinski definition) is 1. The van der Waals surface area contributed by atoms with E-state index in [0.717, 1.165) is 24.3 Å². The number of nitrogen functional groups attached to an aromatic ring is 1. The monoisotopic (exact) mass is 430 g/mol. The van der Waals surface area contributed by atoms with Gasteiger partial charge in [0.15, 0.2) is 0 Å². The Bertz CT molecular complexity index is 1180. The highest BCUT2D eigenvalue weighted by Crippen LogP contribution is 2.40. The highest BCUT2D eigenvalue weighted by molar-refractivity contribution is 7.90. The molecule has 1 unspecified atom stereocenters. The fourth-order valence-electron chi connectivity index (χ4n) is 3.23. The van der Waals surface area contributed by atoms with Gasteiger partial charge in [0.2, 0.25) is 10.0 Å². The molecule has 0 aliphatic rings. The number of alkyl halides is 5. The first-order valence-corrected chi connectivity index (χ1v) is 9.71. The quantitative estimate of drug-likeness (QED) is 0.340. The zero-order valence-corrected chi connectivity index (χ0v) is 15.5. The molecule has 10 heteroatoms. The lowest BCUT2D eigenvalue weighted by atomic mass is 10.0. The molecule has 0 spiro atoms. The second kappa shape index (κ2) is 7.18. The summed E-state index contributed by atoms with van der Waals surface area (Å²) in [6.07, 6.45) is -6.33. The van der Waals surface area contributed by atoms with Crippen LogP contribution in [-0.2, 0) is 16.2 Å². The van der Waals surface area contributed by atoms with Gasteiger partial charge in [0.25, 0.3) is 6.43 Å². The van der Waals surface area contributed by atoms with Crippen LogP contribution in [0.1, 0.15) is 28.4 Å². The molecule has 0 fully saturated rings. The van der Waals surface area contributed by atoms with Crippen molar-refractivity contribution < 1.29 is 30.4 Å². The van der Waals surface area contributed by atoms with E-state index in [1.165, 1.54) is 24.3 Å². The third-order valence-electron chi connectivity index (χ3n) is 4.47. The first-order chi connectivity index (χ1) is 13.5. The van der Waals surface area contributed by atoms with E-state index in [9.17, 15) is 30.4 Å². The van der Waals surface area contributed by atoms with Crippen LogP contribution in [0.5, 0.6) is 0 Å². The molecule has 3 aromatic rings. The third kappa shape index (κ3) is 3.48. The summed E-state index contributed by atoms with van der Waals surface area (Å²) in [7, 11) is -4.63. The smallest absolute Gasteiger partial charge is 0.398 e. The molecule has 0 aliphatic carbocycles. The van der Waals surface area contributed by atoms with Crippen LogP contribution in [0, 0.1) is 0 Å². The molecule has 0 radical (unpaired) electrons. The maximum Gasteiger partial charge on any atom is 0.416 e. The van der Waals surface area contributed by atoms with Gasteiger partial charge in [-0.15, -0.1) is 6.58 Å². The van der Waals surface area contributed by atoms with Gasteiger partial charge in [-0.1, -0.05) is 30.3 Å². The van der Waals surface area contributed by atoms with Gasteiger partial charge in [0.1, 0.15) is 5.25 Å². The molecule has 0 bridgehead atoms. The zero-order valence-electron chi connectivity index (χ0n) is 14.7. The molecular formula is C19H15F5N2O2S. The van der Waals surface area contributed by atoms with E-state index in [4.69, 9.17) is 5.73 Å². The Hall–Kier alpha value is -2.88. The van der Waals surface area contributed by atoms with Crippen LogP contribution in [0.25, 0.3) is 10.9 Å². The number of rotatable bonds is 5. The summed E-state index contributed by atoms with van der Waals surface area (Å²) in [4.78, 5) is 0. The van der Waals surface area contributed by atoms with Crippen molar-refractivity contribution in [3.8, 4) is 0 Å². The van der Waals surface area contributed by atoms with Crippen LogP contribution in [-0.4, -0.2) is 12.4 Å². The molecule has 3 rings (SSSR count). The molecule has 29 heavy (non-hydrogen) atoms. The van der Waals surface area contributed by atoms with Gasteiger partial charge < -0.3 is 5.73 Å². The third-order valence-corrected chi connectivity index (χ3v) is 6.41. The van der Waals surface area contributed by atoms with E-state index in [1.807, 2.05) is 0 Å². The first-order valence-electron chi connectivity index (χ1n) is 8.20. The maximum atomic E-state index is 13.5. The highest BCUT2D eigenvalue weighted by atomic mass is 32.2. The Morgan fingerprint density at radius 3 is 2.28 bits per heavy atom. The predicted octanol–water partition coefficient (Wildman–Crippen LogP) is 5.29. The van der Waals surface area contributed by atoms with Gasteiger partial charge in [-0.05, 0) is 23.8 Å². The molecule has 2 N–H and O–H groups in total. The molecule has 4 nitrogen and oxygen atoms in total. The van der Waals surface area contributed by atoms with Gasteiger partial charge in [-0.2, -0.15) is 13.2 Å². The topological polar surface area (TPSA) is 65.1 Å². The van der Waals surface area contributed by atoms with Crippen molar-refractivity contribution in [1.29, 1.82) is 0 Å². The number of nitrogens with two attached hydrogens (primary N) is 1. The minimum atomic E-state index is -4.81. The molecule has 1 heterocycles. The Balaban J connectivity index is 2.30. The summed E-state index contributed by atoms with van der Waals surface area (Å²) < 4.78 is 94.2. The summed E-state index contributed by atoms with van der Waals surface area (Å²) in [5.74, 6) is 0. The van der Waals surface area contributed by atoms with E-state index in [2.05, 4.69) is 6.58 Å². The number of aromatic nitrogens is 1. The molecule has 0 saturated carbocycles. The summed E-state index contributed by atoms with van der Waals surface area (Å²) in [5, 5.41) is -2.00. The number of halogens is 5. The molecular weight excluding hydrogens is 415 g/mol. The lowest BCUT2D eigenvalue weighted by molar-refractivity contribution is -0.138. The Morgan fingerprint density at radius 1 is 1.03 bits per heavy atom. The second-order valence-electron chi connectivity index (χ2n) is 6.21. The minimum Gasteiger partial charge on any atom is -0.398 e. The summed E-state index contributed by atoms with van der Waals surface area (Å²) in [6, 6.07) is 8.09. The van der Waals surface area contributed by atoms with E-state index in [1.54, 1.807) is 0 Å². The lowest BCUT2D eigenvalue weighted by Gasteiger charge is -2.20. The van der Waals surface area contributed by atoms with Crippen LogP contribution in [0.15, 0.2) is 61.3 Å². The van der Waals surface area contributed by atoms with Crippen LogP contribution in [0.2, 0.25) is 0 Å². The summed E-state index contributed by atoms with van der Waals surface area (Å²) >= 11 is 0. The minimum absolute atomic E-state index is 0.0717. The SMILES string of the molecule is C=CC(c1ccccc1C(F)(F)F)S(=O)(=O)n1cc(C(F)F)c2c(N)cccc21. The fourth-order valence-corrected chi connectivity index (χ4v) is 4.93. The number of anilines is 1. The summed E-state index contributed by atoms with van der Waals surface area (Å²) in [5.41, 5.74) is 3.17. The summed E-state index contributed by atoms with van der Waals surface area (Å²) in [6.45, 7) is 3.36. The van der Waals surface area contributed by atoms with Gasteiger partial charge in [-0.25, -0.2) is 21.2 Å². The molecule has 2 aromatic carbocycles. The largest absolute Gasteiger partial charge is 0.416 e. The number of benzene rings is 2. The van der Waals surface area contributed by atoms with E-state index in [0.29, 0.717) is 10.2 Å². The number of nitrogens with zero attached hydrogens (tertiary/aromatic N) is 1. The van der Waals surface area contributed by atoms with Gasteiger partial charge in [-0.3, -0.25) is 0 Å². The van der Waals surface area contributed by atoms with Crippen LogP contribution in [0.4, 0.5) is 27.6 Å². The fraction of sp³-hybridized carbons (Fsp3) is 0.158. The average molecular weight is 430 g/mol. The molecule has 1 aromatic heterocycles. The Labute approximate surface area is 163 Å². The van der Waals surface area contributed by atoms with Crippen LogP contribution < -0.4 is 5.73 Å². The van der Waals surface area contributed by atoms with Crippen molar-refractivity contribution in [3.05, 3.63) is 78.0 Å². The van der Waals surface area contributed by atoms with Crippen molar-refractivity contribution in [2.75, 3.05) is 5.73 Å². The van der Waals surface area contributed by atoms with Gasteiger partial charge in [0.05, 0.1) is 11.1 Å². The Morgan fingerprint density at radius 2 is 1.69 bits per heavy atom. The van der Waals surface area contributed by atoms with Crippen molar-refractivity contribution in [3.63, 3.8) is 0 Å². The molecule has 0 saturated heterocycles. The second-order valence-corrected chi connectivity index (χ2v) is 8.14. The maximum absolute atomic E-state index is 13.5. The van der Waals surface area contributed by atoms with Crippen LogP contribution in [0.3, 0.4) is 0 Å². The standard InChI is InChI=1S/C19H15F5N2O2S/c1-2-16(11-6-3-4-7-13(11)19(22,23)24)29(27,28)26-10-12(18(20)21)17-14(25)8-5-9-15(17)26/h2-10,16,18H,1,25H2. The average Bonchev–Trinajstić information content (AvgIpc) is 3.04. The lowest BCUT2D eigenvalue weighted by Crippen LogP contribution is -2.22. The number of hydrogen-bond acceptors (Lipinski definition) is 3. The Kier molecular flexibility index (Phi) is 5.16. The molecule has 154 valence electrons. The van der Waals surface area contributed by atoms with Crippen molar-refractivity contribution in [2.24, 2.45) is 0 Å². The van der Waals surface area contributed by atoms with Crippen molar-refractivity contribution in [2.45, 2.75) is 17.9 Å². The van der Waals surface area contributed by atoms with Gasteiger partial charge >= 0.3 is 6.18 Å². The van der Waals surface area contributed by atoms with E-state index >= 15 is 0 Å². The number of fused-ring (bicyclic) bond motifs is 1. The van der Waals surface area contributed by atoms with E-state index in [-0.39, 0.29) is 16.6 Å². The normalized spacial score (nSPS) is 13.7. The zero-order chi connectivity index (χ0) is 21.6. The molecule has 1 atom stereocenters. The predicted molar refractivity (Wildman–Crippen MR) is 100 cm³/mol. The molecule has 0 amide bonds.